The molecule has 0 saturated heterocycles. The van der Waals surface area contributed by atoms with Crippen LogP contribution in [0.15, 0.2) is 29.4 Å². The molecule has 0 bridgehead atoms. The minimum absolute atomic E-state index is 0.0314. The lowest BCUT2D eigenvalue weighted by Gasteiger charge is -2.40. The number of nitrogens with zero attached hydrogens (tertiary/aromatic N) is 2. The molecule has 0 aliphatic carbocycles. The van der Waals surface area contributed by atoms with E-state index in [1.807, 2.05) is 12.1 Å². The Morgan fingerprint density at radius 3 is 2.71 bits per heavy atom. The summed E-state index contributed by atoms with van der Waals surface area (Å²) in [5, 5.41) is 11.6. The summed E-state index contributed by atoms with van der Waals surface area (Å²) in [6.45, 7) is 6.51. The van der Waals surface area contributed by atoms with Gasteiger partial charge in [-0.25, -0.2) is 0 Å². The summed E-state index contributed by atoms with van der Waals surface area (Å²) < 4.78 is 0. The van der Waals surface area contributed by atoms with Crippen molar-refractivity contribution >= 4 is 17.5 Å². The van der Waals surface area contributed by atoms with Crippen LogP contribution in [0.2, 0.25) is 0 Å². The van der Waals surface area contributed by atoms with E-state index in [0.29, 0.717) is 0 Å². The Morgan fingerprint density at radius 1 is 1.35 bits per heavy atom. The molecule has 1 aliphatic rings. The number of hydrogen-bond donors (Lipinski definition) is 1. The molecule has 2 rings (SSSR count). The molecule has 1 heterocycles. The van der Waals surface area contributed by atoms with Gasteiger partial charge in [0.1, 0.15) is 0 Å². The Kier molecular flexibility index (Phi) is 2.69. The summed E-state index contributed by atoms with van der Waals surface area (Å²) in [6, 6.07) is 6.08. The van der Waals surface area contributed by atoms with Crippen LogP contribution in [0.25, 0.3) is 5.57 Å². The smallest absolute Gasteiger partial charge is 0.0734 e. The van der Waals surface area contributed by atoms with Crippen molar-refractivity contribution in [3.8, 4) is 0 Å². The molecule has 0 atom stereocenters. The van der Waals surface area contributed by atoms with Crippen LogP contribution < -0.4 is 4.90 Å². The molecule has 1 aromatic rings. The van der Waals surface area contributed by atoms with Gasteiger partial charge < -0.3 is 10.1 Å². The molecule has 17 heavy (non-hydrogen) atoms. The zero-order chi connectivity index (χ0) is 12.6. The van der Waals surface area contributed by atoms with Crippen molar-refractivity contribution in [1.29, 1.82) is 0 Å². The van der Waals surface area contributed by atoms with Crippen molar-refractivity contribution in [1.82, 2.24) is 0 Å². The zero-order valence-corrected chi connectivity index (χ0v) is 10.7. The highest BCUT2D eigenvalue weighted by atomic mass is 16.4. The van der Waals surface area contributed by atoms with E-state index in [-0.39, 0.29) is 5.54 Å². The first-order chi connectivity index (χ1) is 7.95. The fraction of sp³-hybridized carbons (Fsp3) is 0.357. The Bertz CT molecular complexity index is 501. The van der Waals surface area contributed by atoms with E-state index in [1.54, 1.807) is 0 Å². The van der Waals surface area contributed by atoms with E-state index in [4.69, 9.17) is 5.21 Å². The average Bonchev–Trinajstić information content (AvgIpc) is 2.26. The quantitative estimate of drug-likeness (QED) is 0.457. The number of likely N-dealkylation sites (N-methyl/N-ethyl adjacent to an activating group) is 1. The lowest BCUT2D eigenvalue weighted by Crippen LogP contribution is -2.42. The van der Waals surface area contributed by atoms with E-state index < -0.39 is 0 Å². The first-order valence-electron chi connectivity index (χ1n) is 5.71. The maximum absolute atomic E-state index is 8.57. The molecule has 1 N–H and O–H groups in total. The van der Waals surface area contributed by atoms with Crippen LogP contribution in [0.1, 0.15) is 31.9 Å². The molecule has 3 heteroatoms. The minimum atomic E-state index is 0.0314. The van der Waals surface area contributed by atoms with Gasteiger partial charge >= 0.3 is 0 Å². The zero-order valence-electron chi connectivity index (χ0n) is 10.7. The average molecular weight is 230 g/mol. The van der Waals surface area contributed by atoms with Gasteiger partial charge in [-0.3, -0.25) is 0 Å². The maximum atomic E-state index is 8.57. The molecule has 0 fully saturated rings. The van der Waals surface area contributed by atoms with Gasteiger partial charge in [-0.05, 0) is 44.0 Å². The van der Waals surface area contributed by atoms with Crippen molar-refractivity contribution in [2.45, 2.75) is 26.3 Å². The van der Waals surface area contributed by atoms with Crippen LogP contribution in [0, 0.1) is 0 Å². The third-order valence-corrected chi connectivity index (χ3v) is 3.45. The minimum Gasteiger partial charge on any atom is -0.411 e. The molecule has 1 aromatic carbocycles. The fourth-order valence-electron chi connectivity index (χ4n) is 2.32. The Hall–Kier alpha value is -1.77. The van der Waals surface area contributed by atoms with E-state index in [9.17, 15) is 0 Å². The van der Waals surface area contributed by atoms with Crippen LogP contribution in [-0.2, 0) is 0 Å². The van der Waals surface area contributed by atoms with Crippen LogP contribution in [0.3, 0.4) is 0 Å². The molecule has 3 nitrogen and oxygen atoms in total. The predicted molar refractivity (Wildman–Crippen MR) is 72.0 cm³/mol. The number of oxime groups is 1. The van der Waals surface area contributed by atoms with Gasteiger partial charge in [-0.15, -0.1) is 0 Å². The molecule has 0 spiro atoms. The number of rotatable bonds is 1. The van der Waals surface area contributed by atoms with Crippen molar-refractivity contribution in [2.24, 2.45) is 5.16 Å². The van der Waals surface area contributed by atoms with Crippen molar-refractivity contribution in [2.75, 3.05) is 11.9 Å². The SMILES string of the molecule is CC1=CC(C)(C)N(C)c2ccc(/C=N\O)cc21. The van der Waals surface area contributed by atoms with Crippen LogP contribution in [-0.4, -0.2) is 24.0 Å². The van der Waals surface area contributed by atoms with Crippen LogP contribution in [0.4, 0.5) is 5.69 Å². The predicted octanol–water partition coefficient (Wildman–Crippen LogP) is 3.13. The highest BCUT2D eigenvalue weighted by Gasteiger charge is 2.28. The topological polar surface area (TPSA) is 35.8 Å². The van der Waals surface area contributed by atoms with Crippen LogP contribution >= 0.6 is 0 Å². The standard InChI is InChI=1S/C14H18N2O/c1-10-8-14(2,3)16(4)13-6-5-11(9-15-17)7-12(10)13/h5-9,17H,1-4H3/b15-9-. The van der Waals surface area contributed by atoms with Crippen molar-refractivity contribution in [3.63, 3.8) is 0 Å². The first-order valence-corrected chi connectivity index (χ1v) is 5.71. The first kappa shape index (κ1) is 11.7. The molecule has 0 saturated carbocycles. The molecular weight excluding hydrogens is 212 g/mol. The Balaban J connectivity index is 2.57. The summed E-state index contributed by atoms with van der Waals surface area (Å²) in [6.07, 6.45) is 3.71. The Morgan fingerprint density at radius 2 is 2.06 bits per heavy atom. The van der Waals surface area contributed by atoms with Crippen molar-refractivity contribution < 1.29 is 5.21 Å². The summed E-state index contributed by atoms with van der Waals surface area (Å²) in [4.78, 5) is 2.26. The van der Waals surface area contributed by atoms with E-state index in [0.717, 1.165) is 5.56 Å². The molecular formula is C14H18N2O. The summed E-state index contributed by atoms with van der Waals surface area (Å²) in [5.74, 6) is 0. The summed E-state index contributed by atoms with van der Waals surface area (Å²) in [5.41, 5.74) is 4.61. The highest BCUT2D eigenvalue weighted by molar-refractivity contribution is 5.87. The highest BCUT2D eigenvalue weighted by Crippen LogP contribution is 2.37. The van der Waals surface area contributed by atoms with Gasteiger partial charge in [0, 0.05) is 18.3 Å². The van der Waals surface area contributed by atoms with Gasteiger partial charge in [0.25, 0.3) is 0 Å². The molecule has 0 amide bonds. The third-order valence-electron chi connectivity index (χ3n) is 3.45. The van der Waals surface area contributed by atoms with E-state index in [2.05, 4.69) is 50.0 Å². The lowest BCUT2D eigenvalue weighted by atomic mass is 9.89. The number of allylic oxidation sites excluding steroid dienone is 1. The second kappa shape index (κ2) is 3.91. The molecule has 1 aliphatic heterocycles. The van der Waals surface area contributed by atoms with Crippen molar-refractivity contribution in [3.05, 3.63) is 35.4 Å². The summed E-state index contributed by atoms with van der Waals surface area (Å²) >= 11 is 0. The van der Waals surface area contributed by atoms with E-state index in [1.165, 1.54) is 23.0 Å². The fourth-order valence-corrected chi connectivity index (χ4v) is 2.32. The number of hydrogen-bond acceptors (Lipinski definition) is 3. The largest absolute Gasteiger partial charge is 0.411 e. The van der Waals surface area contributed by atoms with E-state index >= 15 is 0 Å². The molecule has 0 radical (unpaired) electrons. The number of anilines is 1. The van der Waals surface area contributed by atoms with Gasteiger partial charge in [0.05, 0.1) is 11.8 Å². The van der Waals surface area contributed by atoms with Gasteiger partial charge in [-0.1, -0.05) is 17.3 Å². The second-order valence-corrected chi connectivity index (χ2v) is 5.06. The number of fused-ring (bicyclic) bond motifs is 1. The number of benzene rings is 1. The van der Waals surface area contributed by atoms with Crippen LogP contribution in [0.5, 0.6) is 0 Å². The lowest BCUT2D eigenvalue weighted by molar-refractivity contribution is 0.322. The monoisotopic (exact) mass is 230 g/mol. The third kappa shape index (κ3) is 1.93. The molecule has 0 aromatic heterocycles. The maximum Gasteiger partial charge on any atom is 0.0734 e. The van der Waals surface area contributed by atoms with Gasteiger partial charge in [-0.2, -0.15) is 0 Å². The van der Waals surface area contributed by atoms with Gasteiger partial charge in [0.15, 0.2) is 0 Å². The molecule has 90 valence electrons. The van der Waals surface area contributed by atoms with Gasteiger partial charge in [0.2, 0.25) is 0 Å². The second-order valence-electron chi connectivity index (χ2n) is 5.06. The Labute approximate surface area is 102 Å². The summed E-state index contributed by atoms with van der Waals surface area (Å²) in [7, 11) is 2.10. The molecule has 0 unspecified atom stereocenters. The normalized spacial score (nSPS) is 18.1.